The van der Waals surface area contributed by atoms with Gasteiger partial charge in [-0.05, 0) is 24.3 Å². The molecule has 0 spiro atoms. The maximum Gasteiger partial charge on any atom is 0.336 e. The molecular formula is C17H12N2O5. The van der Waals surface area contributed by atoms with Crippen LogP contribution >= 0.6 is 0 Å². The lowest BCUT2D eigenvalue weighted by Crippen LogP contribution is -2.15. The Kier molecular flexibility index (Phi) is 4.07. The average Bonchev–Trinajstić information content (AvgIpc) is 2.55. The largest absolute Gasteiger partial charge is 0.423 e. The lowest BCUT2D eigenvalue weighted by molar-refractivity contribution is -0.385. The van der Waals surface area contributed by atoms with Gasteiger partial charge in [0, 0.05) is 28.8 Å². The second kappa shape index (κ2) is 6.33. The van der Waals surface area contributed by atoms with Crippen LogP contribution in [0.3, 0.4) is 0 Å². The summed E-state index contributed by atoms with van der Waals surface area (Å²) in [5.74, 6) is -0.374. The first-order valence-corrected chi connectivity index (χ1v) is 7.09. The number of nitro benzene ring substituents is 1. The molecule has 0 saturated heterocycles. The number of hydrogen-bond donors (Lipinski definition) is 1. The van der Waals surface area contributed by atoms with E-state index in [4.69, 9.17) is 4.42 Å². The predicted molar refractivity (Wildman–Crippen MR) is 87.9 cm³/mol. The molecule has 1 heterocycles. The highest BCUT2D eigenvalue weighted by atomic mass is 16.6. The molecule has 7 nitrogen and oxygen atoms in total. The summed E-state index contributed by atoms with van der Waals surface area (Å²) in [7, 11) is 0. The number of carbonyl (C=O) groups is 1. The Labute approximate surface area is 135 Å². The minimum Gasteiger partial charge on any atom is -0.423 e. The molecule has 0 fully saturated rings. The SMILES string of the molecule is O=C(Cc1ccccc1[N+](=O)[O-])Nc1ccc2oc(=O)ccc2c1. The molecule has 0 aliphatic rings. The lowest BCUT2D eigenvalue weighted by Gasteiger charge is -2.06. The van der Waals surface area contributed by atoms with Crippen molar-refractivity contribution >= 4 is 28.3 Å². The Hall–Kier alpha value is -3.48. The number of rotatable bonds is 4. The molecule has 7 heteroatoms. The van der Waals surface area contributed by atoms with Crippen LogP contribution in [0.4, 0.5) is 11.4 Å². The van der Waals surface area contributed by atoms with Gasteiger partial charge in [-0.3, -0.25) is 14.9 Å². The van der Waals surface area contributed by atoms with Crippen LogP contribution in [0, 0.1) is 10.1 Å². The number of nitrogens with zero attached hydrogens (tertiary/aromatic N) is 1. The van der Waals surface area contributed by atoms with Crippen LogP contribution in [0.25, 0.3) is 11.0 Å². The summed E-state index contributed by atoms with van der Waals surface area (Å²) in [4.78, 5) is 33.7. The molecule has 120 valence electrons. The first-order chi connectivity index (χ1) is 11.5. The summed E-state index contributed by atoms with van der Waals surface area (Å²) < 4.78 is 5.02. The number of nitrogens with one attached hydrogen (secondary N) is 1. The molecule has 0 radical (unpaired) electrons. The highest BCUT2D eigenvalue weighted by Crippen LogP contribution is 2.20. The Morgan fingerprint density at radius 1 is 1.12 bits per heavy atom. The molecule has 1 aromatic heterocycles. The van der Waals surface area contributed by atoms with E-state index >= 15 is 0 Å². The van der Waals surface area contributed by atoms with Crippen molar-refractivity contribution in [2.75, 3.05) is 5.32 Å². The summed E-state index contributed by atoms with van der Waals surface area (Å²) in [5.41, 5.74) is 0.731. The molecule has 0 bridgehead atoms. The van der Waals surface area contributed by atoms with Crippen molar-refractivity contribution in [3.63, 3.8) is 0 Å². The van der Waals surface area contributed by atoms with E-state index in [1.54, 1.807) is 42.5 Å². The van der Waals surface area contributed by atoms with Gasteiger partial charge in [-0.1, -0.05) is 18.2 Å². The van der Waals surface area contributed by atoms with E-state index in [0.717, 1.165) is 0 Å². The minimum absolute atomic E-state index is 0.0899. The van der Waals surface area contributed by atoms with Crippen LogP contribution in [-0.2, 0) is 11.2 Å². The molecule has 1 amide bonds. The second-order valence-corrected chi connectivity index (χ2v) is 5.12. The Bertz CT molecular complexity index is 993. The highest BCUT2D eigenvalue weighted by Gasteiger charge is 2.15. The minimum atomic E-state index is -0.513. The fourth-order valence-electron chi connectivity index (χ4n) is 2.37. The maximum atomic E-state index is 12.1. The van der Waals surface area contributed by atoms with Crippen LogP contribution in [0.15, 0.2) is 63.8 Å². The van der Waals surface area contributed by atoms with Crippen LogP contribution in [0.5, 0.6) is 0 Å². The molecule has 1 N–H and O–H groups in total. The molecule has 3 aromatic rings. The van der Waals surface area contributed by atoms with Gasteiger partial charge in [-0.25, -0.2) is 4.79 Å². The van der Waals surface area contributed by atoms with E-state index in [-0.39, 0.29) is 18.0 Å². The van der Waals surface area contributed by atoms with Crippen molar-refractivity contribution < 1.29 is 14.1 Å². The first-order valence-electron chi connectivity index (χ1n) is 7.09. The second-order valence-electron chi connectivity index (χ2n) is 5.12. The number of fused-ring (bicyclic) bond motifs is 1. The number of amides is 1. The lowest BCUT2D eigenvalue weighted by atomic mass is 10.1. The molecule has 0 unspecified atom stereocenters. The zero-order valence-electron chi connectivity index (χ0n) is 12.4. The van der Waals surface area contributed by atoms with E-state index in [1.165, 1.54) is 12.1 Å². The van der Waals surface area contributed by atoms with E-state index in [0.29, 0.717) is 22.2 Å². The molecule has 2 aromatic carbocycles. The van der Waals surface area contributed by atoms with Gasteiger partial charge < -0.3 is 9.73 Å². The number of para-hydroxylation sites is 1. The van der Waals surface area contributed by atoms with Gasteiger partial charge in [0.1, 0.15) is 5.58 Å². The van der Waals surface area contributed by atoms with Crippen LogP contribution < -0.4 is 10.9 Å². The third kappa shape index (κ3) is 3.30. The average molecular weight is 324 g/mol. The van der Waals surface area contributed by atoms with Crippen LogP contribution in [0.2, 0.25) is 0 Å². The Morgan fingerprint density at radius 3 is 2.71 bits per heavy atom. The van der Waals surface area contributed by atoms with E-state index in [9.17, 15) is 19.7 Å². The summed E-state index contributed by atoms with van der Waals surface area (Å²) in [5, 5.41) is 14.3. The van der Waals surface area contributed by atoms with E-state index in [1.807, 2.05) is 0 Å². The van der Waals surface area contributed by atoms with E-state index < -0.39 is 10.5 Å². The van der Waals surface area contributed by atoms with Gasteiger partial charge in [-0.15, -0.1) is 0 Å². The fraction of sp³-hybridized carbons (Fsp3) is 0.0588. The molecule has 0 atom stereocenters. The zero-order chi connectivity index (χ0) is 17.1. The van der Waals surface area contributed by atoms with Crippen LogP contribution in [-0.4, -0.2) is 10.8 Å². The topological polar surface area (TPSA) is 102 Å². The van der Waals surface area contributed by atoms with Crippen molar-refractivity contribution in [3.8, 4) is 0 Å². The molecular weight excluding hydrogens is 312 g/mol. The van der Waals surface area contributed by atoms with Gasteiger partial charge in [0.25, 0.3) is 5.69 Å². The molecule has 0 aliphatic heterocycles. The van der Waals surface area contributed by atoms with Gasteiger partial charge in [-0.2, -0.15) is 0 Å². The van der Waals surface area contributed by atoms with Gasteiger partial charge in [0.2, 0.25) is 5.91 Å². The number of carbonyl (C=O) groups excluding carboxylic acids is 1. The molecule has 3 rings (SSSR count). The summed E-state index contributed by atoms with van der Waals surface area (Å²) in [6, 6.07) is 13.8. The predicted octanol–water partition coefficient (Wildman–Crippen LogP) is 2.88. The van der Waals surface area contributed by atoms with E-state index in [2.05, 4.69) is 5.32 Å². The monoisotopic (exact) mass is 324 g/mol. The summed E-state index contributed by atoms with van der Waals surface area (Å²) in [6.45, 7) is 0. The number of benzene rings is 2. The molecule has 0 aliphatic carbocycles. The number of anilines is 1. The fourth-order valence-corrected chi connectivity index (χ4v) is 2.37. The number of hydrogen-bond acceptors (Lipinski definition) is 5. The standard InChI is InChI=1S/C17H12N2O5/c20-16(10-11-3-1-2-4-14(11)19(22)23)18-13-6-7-15-12(9-13)5-8-17(21)24-15/h1-9H,10H2,(H,18,20). The van der Waals surface area contributed by atoms with Crippen molar-refractivity contribution in [2.45, 2.75) is 6.42 Å². The van der Waals surface area contributed by atoms with Gasteiger partial charge in [0.15, 0.2) is 0 Å². The van der Waals surface area contributed by atoms with Crippen molar-refractivity contribution in [1.29, 1.82) is 0 Å². The summed E-state index contributed by atoms with van der Waals surface area (Å²) >= 11 is 0. The summed E-state index contributed by atoms with van der Waals surface area (Å²) in [6.07, 6.45) is -0.112. The molecule has 0 saturated carbocycles. The maximum absolute atomic E-state index is 12.1. The van der Waals surface area contributed by atoms with Gasteiger partial charge >= 0.3 is 5.63 Å². The third-order valence-electron chi connectivity index (χ3n) is 3.44. The molecule has 24 heavy (non-hydrogen) atoms. The zero-order valence-corrected chi connectivity index (χ0v) is 12.4. The number of nitro groups is 1. The third-order valence-corrected chi connectivity index (χ3v) is 3.44. The smallest absolute Gasteiger partial charge is 0.336 e. The Balaban J connectivity index is 1.79. The van der Waals surface area contributed by atoms with Crippen LogP contribution in [0.1, 0.15) is 5.56 Å². The van der Waals surface area contributed by atoms with Crippen molar-refractivity contribution in [1.82, 2.24) is 0 Å². The van der Waals surface area contributed by atoms with Gasteiger partial charge in [0.05, 0.1) is 11.3 Å². The first kappa shape index (κ1) is 15.4. The highest BCUT2D eigenvalue weighted by molar-refractivity contribution is 5.94. The Morgan fingerprint density at radius 2 is 1.92 bits per heavy atom. The normalized spacial score (nSPS) is 10.5. The van der Waals surface area contributed by atoms with Crippen molar-refractivity contribution in [2.24, 2.45) is 0 Å². The quantitative estimate of drug-likeness (QED) is 0.451. The van der Waals surface area contributed by atoms with Crippen molar-refractivity contribution in [3.05, 3.63) is 80.7 Å².